The zero-order chi connectivity index (χ0) is 14.0. The van der Waals surface area contributed by atoms with Gasteiger partial charge in [0.25, 0.3) is 5.91 Å². The number of carbonyl (C=O) groups excluding carboxylic acids is 1. The molecule has 0 spiro atoms. The number of pyridine rings is 1. The van der Waals surface area contributed by atoms with Crippen molar-refractivity contribution in [2.24, 2.45) is 0 Å². The fourth-order valence-corrected chi connectivity index (χ4v) is 1.44. The van der Waals surface area contributed by atoms with E-state index in [2.05, 4.69) is 4.98 Å². The summed E-state index contributed by atoms with van der Waals surface area (Å²) in [6.07, 6.45) is 1.28. The molecule has 0 atom stereocenters. The lowest BCUT2D eigenvalue weighted by Gasteiger charge is -2.08. The first-order valence-corrected chi connectivity index (χ1v) is 5.15. The number of hydrogen-bond acceptors (Lipinski definition) is 3. The Kier molecular flexibility index (Phi) is 3.37. The third kappa shape index (κ3) is 2.82. The van der Waals surface area contributed by atoms with Crippen molar-refractivity contribution in [1.29, 1.82) is 0 Å². The van der Waals surface area contributed by atoms with E-state index < -0.39 is 29.0 Å². The second-order valence-corrected chi connectivity index (χ2v) is 3.67. The molecule has 4 nitrogen and oxygen atoms in total. The highest BCUT2D eigenvalue weighted by Gasteiger charge is 2.15. The van der Waals surface area contributed by atoms with Gasteiger partial charge in [0, 0.05) is 23.9 Å². The fraction of sp³-hybridized carbons (Fsp3) is 0. The highest BCUT2D eigenvalue weighted by molar-refractivity contribution is 6.04. The van der Waals surface area contributed by atoms with Gasteiger partial charge >= 0.3 is 0 Å². The molecule has 98 valence electrons. The van der Waals surface area contributed by atoms with Crippen LogP contribution in [-0.4, -0.2) is 10.9 Å². The molecule has 0 fully saturated rings. The van der Waals surface area contributed by atoms with E-state index in [9.17, 15) is 18.0 Å². The maximum Gasteiger partial charge on any atom is 0.256 e. The molecule has 3 N–H and O–H groups in total. The van der Waals surface area contributed by atoms with Gasteiger partial charge in [0.05, 0.1) is 0 Å². The van der Waals surface area contributed by atoms with Crippen molar-refractivity contribution in [1.82, 2.24) is 4.98 Å². The lowest BCUT2D eigenvalue weighted by atomic mass is 10.2. The molecular formula is C12H8F3N3O. The number of hydrogen-bond donors (Lipinski definition) is 2. The topological polar surface area (TPSA) is 68.0 Å². The van der Waals surface area contributed by atoms with Gasteiger partial charge in [0.2, 0.25) is 0 Å². The smallest absolute Gasteiger partial charge is 0.256 e. The molecule has 0 bridgehead atoms. The highest BCUT2D eigenvalue weighted by Crippen LogP contribution is 2.21. The van der Waals surface area contributed by atoms with Crippen LogP contribution in [0.4, 0.5) is 24.7 Å². The molecule has 1 aromatic heterocycles. The summed E-state index contributed by atoms with van der Waals surface area (Å²) < 4.78 is 39.4. The van der Waals surface area contributed by atoms with E-state index in [1.54, 1.807) is 0 Å². The molecule has 1 heterocycles. The highest BCUT2D eigenvalue weighted by atomic mass is 19.1. The van der Waals surface area contributed by atoms with Gasteiger partial charge < -0.3 is 11.1 Å². The number of benzene rings is 1. The molecule has 0 aliphatic carbocycles. The summed E-state index contributed by atoms with van der Waals surface area (Å²) in [5.41, 5.74) is 4.74. The number of nitrogen functional groups attached to an aromatic ring is 1. The summed E-state index contributed by atoms with van der Waals surface area (Å²) in [6.45, 7) is 0. The SMILES string of the molecule is Nc1cc(C(=O)Nc2c(F)cc(F)cc2F)ccn1. The minimum atomic E-state index is -1.20. The summed E-state index contributed by atoms with van der Waals surface area (Å²) in [5, 5.41) is 2.01. The summed E-state index contributed by atoms with van der Waals surface area (Å²) in [5.74, 6) is -4.16. The van der Waals surface area contributed by atoms with Crippen LogP contribution < -0.4 is 11.1 Å². The van der Waals surface area contributed by atoms with Gasteiger partial charge in [-0.3, -0.25) is 4.79 Å². The molecule has 0 radical (unpaired) electrons. The first-order chi connectivity index (χ1) is 8.97. The first kappa shape index (κ1) is 12.9. The minimum Gasteiger partial charge on any atom is -0.384 e. The molecule has 1 aromatic carbocycles. The molecule has 0 aliphatic rings. The number of nitrogens with two attached hydrogens (primary N) is 1. The summed E-state index contributed by atoms with van der Waals surface area (Å²) in [4.78, 5) is 15.4. The number of nitrogens with zero attached hydrogens (tertiary/aromatic N) is 1. The van der Waals surface area contributed by atoms with Crippen LogP contribution in [0.3, 0.4) is 0 Å². The van der Waals surface area contributed by atoms with Crippen LogP contribution in [0.15, 0.2) is 30.5 Å². The Balaban J connectivity index is 2.29. The number of rotatable bonds is 2. The van der Waals surface area contributed by atoms with Gasteiger partial charge in [-0.2, -0.15) is 0 Å². The predicted octanol–water partition coefficient (Wildman–Crippen LogP) is 2.33. The molecular weight excluding hydrogens is 259 g/mol. The van der Waals surface area contributed by atoms with Crippen molar-refractivity contribution in [3.8, 4) is 0 Å². The maximum absolute atomic E-state index is 13.3. The molecule has 19 heavy (non-hydrogen) atoms. The summed E-state index contributed by atoms with van der Waals surface area (Å²) >= 11 is 0. The van der Waals surface area contributed by atoms with Gasteiger partial charge in [-0.1, -0.05) is 0 Å². The summed E-state index contributed by atoms with van der Waals surface area (Å²) in [6, 6.07) is 3.51. The van der Waals surface area contributed by atoms with Crippen LogP contribution in [0.25, 0.3) is 0 Å². The predicted molar refractivity (Wildman–Crippen MR) is 62.9 cm³/mol. The average molecular weight is 267 g/mol. The van der Waals surface area contributed by atoms with Crippen LogP contribution in [0, 0.1) is 17.5 Å². The molecule has 7 heteroatoms. The Morgan fingerprint density at radius 1 is 1.16 bits per heavy atom. The maximum atomic E-state index is 13.3. The Morgan fingerprint density at radius 3 is 2.37 bits per heavy atom. The van der Waals surface area contributed by atoms with Gasteiger partial charge in [-0.15, -0.1) is 0 Å². The van der Waals surface area contributed by atoms with E-state index in [1.807, 2.05) is 5.32 Å². The van der Waals surface area contributed by atoms with Gasteiger partial charge in [0.1, 0.15) is 17.3 Å². The average Bonchev–Trinajstić information content (AvgIpc) is 2.33. The van der Waals surface area contributed by atoms with Crippen molar-refractivity contribution < 1.29 is 18.0 Å². The van der Waals surface area contributed by atoms with Gasteiger partial charge in [-0.25, -0.2) is 18.2 Å². The van der Waals surface area contributed by atoms with Crippen molar-refractivity contribution >= 4 is 17.4 Å². The van der Waals surface area contributed by atoms with Crippen molar-refractivity contribution in [3.05, 3.63) is 53.5 Å². The number of amides is 1. The molecule has 0 aliphatic heterocycles. The van der Waals surface area contributed by atoms with E-state index in [0.29, 0.717) is 12.1 Å². The first-order valence-electron chi connectivity index (χ1n) is 5.15. The molecule has 0 saturated carbocycles. The molecule has 0 unspecified atom stereocenters. The summed E-state index contributed by atoms with van der Waals surface area (Å²) in [7, 11) is 0. The fourth-order valence-electron chi connectivity index (χ4n) is 1.44. The van der Waals surface area contributed by atoms with E-state index in [1.165, 1.54) is 18.3 Å². The Hall–Kier alpha value is -2.57. The van der Waals surface area contributed by atoms with Crippen LogP contribution in [-0.2, 0) is 0 Å². The Labute approximate surface area is 106 Å². The third-order valence-electron chi connectivity index (χ3n) is 2.29. The Morgan fingerprint density at radius 2 is 1.79 bits per heavy atom. The van der Waals surface area contributed by atoms with Crippen LogP contribution >= 0.6 is 0 Å². The lowest BCUT2D eigenvalue weighted by Crippen LogP contribution is -2.15. The van der Waals surface area contributed by atoms with Crippen molar-refractivity contribution in [3.63, 3.8) is 0 Å². The molecule has 1 amide bonds. The van der Waals surface area contributed by atoms with Crippen molar-refractivity contribution in [2.75, 3.05) is 11.1 Å². The molecule has 2 rings (SSSR count). The van der Waals surface area contributed by atoms with E-state index in [4.69, 9.17) is 5.73 Å². The molecule has 0 saturated heterocycles. The quantitative estimate of drug-likeness (QED) is 0.877. The van der Waals surface area contributed by atoms with Crippen LogP contribution in [0.2, 0.25) is 0 Å². The van der Waals surface area contributed by atoms with Crippen molar-refractivity contribution in [2.45, 2.75) is 0 Å². The molecule has 2 aromatic rings. The van der Waals surface area contributed by atoms with Crippen LogP contribution in [0.5, 0.6) is 0 Å². The zero-order valence-corrected chi connectivity index (χ0v) is 9.45. The monoisotopic (exact) mass is 267 g/mol. The number of anilines is 2. The second-order valence-electron chi connectivity index (χ2n) is 3.67. The zero-order valence-electron chi connectivity index (χ0n) is 9.45. The third-order valence-corrected chi connectivity index (χ3v) is 2.29. The normalized spacial score (nSPS) is 10.3. The number of carbonyl (C=O) groups is 1. The van der Waals surface area contributed by atoms with E-state index >= 15 is 0 Å². The lowest BCUT2D eigenvalue weighted by molar-refractivity contribution is 0.102. The van der Waals surface area contributed by atoms with E-state index in [0.717, 1.165) is 0 Å². The van der Waals surface area contributed by atoms with E-state index in [-0.39, 0.29) is 11.4 Å². The van der Waals surface area contributed by atoms with Gasteiger partial charge in [-0.05, 0) is 12.1 Å². The van der Waals surface area contributed by atoms with Gasteiger partial charge in [0.15, 0.2) is 11.6 Å². The Bertz CT molecular complexity index is 623. The van der Waals surface area contributed by atoms with Crippen LogP contribution in [0.1, 0.15) is 10.4 Å². The number of nitrogens with one attached hydrogen (secondary N) is 1. The number of halogens is 3. The largest absolute Gasteiger partial charge is 0.384 e. The minimum absolute atomic E-state index is 0.0793. The standard InChI is InChI=1S/C12H8F3N3O/c13-7-4-8(14)11(9(15)5-7)18-12(19)6-1-2-17-10(16)3-6/h1-5H,(H2,16,17)(H,18,19). The second kappa shape index (κ2) is 4.97. The number of aromatic nitrogens is 1.